The van der Waals surface area contributed by atoms with Gasteiger partial charge in [-0.3, -0.25) is 0 Å². The second-order valence-electron chi connectivity index (χ2n) is 4.65. The lowest BCUT2D eigenvalue weighted by atomic mass is 9.91. The van der Waals surface area contributed by atoms with Gasteiger partial charge in [-0.05, 0) is 36.0 Å². The summed E-state index contributed by atoms with van der Waals surface area (Å²) in [6.07, 6.45) is -3.24. The minimum atomic E-state index is -4.24. The Morgan fingerprint density at radius 1 is 1.00 bits per heavy atom. The Labute approximate surface area is 94.5 Å². The normalized spacial score (nSPS) is 14.2. The van der Waals surface area contributed by atoms with Gasteiger partial charge in [0.25, 0.3) is 0 Å². The first-order valence-electron chi connectivity index (χ1n) is 5.48. The first kappa shape index (κ1) is 13.1. The Morgan fingerprint density at radius 2 is 1.50 bits per heavy atom. The first-order valence-corrected chi connectivity index (χ1v) is 5.48. The van der Waals surface area contributed by atoms with Crippen LogP contribution >= 0.6 is 0 Å². The van der Waals surface area contributed by atoms with Gasteiger partial charge in [0.2, 0.25) is 0 Å². The van der Waals surface area contributed by atoms with E-state index in [-0.39, 0.29) is 0 Å². The van der Waals surface area contributed by atoms with E-state index in [1.165, 1.54) is 0 Å². The van der Waals surface area contributed by atoms with Gasteiger partial charge < -0.3 is 0 Å². The van der Waals surface area contributed by atoms with Crippen LogP contribution < -0.4 is 0 Å². The summed E-state index contributed by atoms with van der Waals surface area (Å²) in [5, 5.41) is 0. The van der Waals surface area contributed by atoms with Crippen molar-refractivity contribution in [1.82, 2.24) is 0 Å². The summed E-state index contributed by atoms with van der Waals surface area (Å²) in [5.41, 5.74) is 0.398. The molecule has 0 heterocycles. The summed E-state index contributed by atoms with van der Waals surface area (Å²) >= 11 is 0. The van der Waals surface area contributed by atoms with Gasteiger partial charge in [-0.25, -0.2) is 0 Å². The Kier molecular flexibility index (Phi) is 4.00. The molecule has 0 aliphatic rings. The third-order valence-corrected chi connectivity index (χ3v) is 2.63. The highest BCUT2D eigenvalue weighted by molar-refractivity contribution is 5.26. The number of hydrogen-bond acceptors (Lipinski definition) is 0. The molecule has 0 nitrogen and oxygen atoms in total. The van der Waals surface area contributed by atoms with Crippen molar-refractivity contribution in [2.45, 2.75) is 39.3 Å². The molecule has 0 saturated heterocycles. The molecule has 1 aromatic carbocycles. The highest BCUT2D eigenvalue weighted by atomic mass is 19.4. The Balaban J connectivity index is 2.79. The zero-order valence-electron chi connectivity index (χ0n) is 9.81. The molecule has 0 spiro atoms. The molecule has 0 radical (unpaired) electrons. The van der Waals surface area contributed by atoms with Crippen LogP contribution in [0.1, 0.15) is 44.2 Å². The maximum Gasteiger partial charge on any atom is 0.416 e. The van der Waals surface area contributed by atoms with Gasteiger partial charge in [0, 0.05) is 0 Å². The minimum absolute atomic E-state index is 0.308. The molecule has 0 aliphatic heterocycles. The molecular weight excluding hydrogens is 213 g/mol. The van der Waals surface area contributed by atoms with Gasteiger partial charge in [-0.2, -0.15) is 13.2 Å². The lowest BCUT2D eigenvalue weighted by Crippen LogP contribution is -2.05. The van der Waals surface area contributed by atoms with E-state index in [9.17, 15) is 13.2 Å². The predicted octanol–water partition coefficient (Wildman–Crippen LogP) is 4.86. The summed E-state index contributed by atoms with van der Waals surface area (Å²) < 4.78 is 37.0. The average molecular weight is 230 g/mol. The van der Waals surface area contributed by atoms with Crippen LogP contribution in [-0.4, -0.2) is 0 Å². The molecule has 0 aromatic heterocycles. The summed E-state index contributed by atoms with van der Waals surface area (Å²) in [5.74, 6) is 0.861. The molecule has 0 bridgehead atoms. The molecule has 0 fully saturated rings. The van der Waals surface area contributed by atoms with Gasteiger partial charge in [0.1, 0.15) is 0 Å². The lowest BCUT2D eigenvalue weighted by Gasteiger charge is -2.15. The number of alkyl halides is 3. The molecule has 1 rings (SSSR count). The Hall–Kier alpha value is -0.990. The van der Waals surface area contributed by atoms with Crippen molar-refractivity contribution in [2.24, 2.45) is 5.92 Å². The second kappa shape index (κ2) is 4.89. The summed E-state index contributed by atoms with van der Waals surface area (Å²) in [6, 6.07) is 5.48. The second-order valence-corrected chi connectivity index (χ2v) is 4.65. The van der Waals surface area contributed by atoms with Gasteiger partial charge in [-0.15, -0.1) is 0 Å². The molecule has 0 saturated carbocycles. The van der Waals surface area contributed by atoms with Crippen LogP contribution in [0.3, 0.4) is 0 Å². The van der Waals surface area contributed by atoms with E-state index < -0.39 is 11.7 Å². The Morgan fingerprint density at radius 3 is 1.88 bits per heavy atom. The van der Waals surface area contributed by atoms with E-state index in [1.807, 2.05) is 6.92 Å². The van der Waals surface area contributed by atoms with Gasteiger partial charge in [-0.1, -0.05) is 32.9 Å². The van der Waals surface area contributed by atoms with Crippen LogP contribution in [0.5, 0.6) is 0 Å². The maximum absolute atomic E-state index is 12.3. The molecular formula is C13H17F3. The standard InChI is InChI=1S/C13H17F3/c1-9(2)8-10(3)11-4-6-12(7-5-11)13(14,15)16/h4-7,9-10H,8H2,1-3H3. The van der Waals surface area contributed by atoms with E-state index in [2.05, 4.69) is 13.8 Å². The van der Waals surface area contributed by atoms with E-state index in [0.29, 0.717) is 11.8 Å². The van der Waals surface area contributed by atoms with Crippen molar-refractivity contribution < 1.29 is 13.2 Å². The smallest absolute Gasteiger partial charge is 0.166 e. The van der Waals surface area contributed by atoms with Crippen LogP contribution in [0, 0.1) is 5.92 Å². The largest absolute Gasteiger partial charge is 0.416 e. The van der Waals surface area contributed by atoms with Crippen LogP contribution in [-0.2, 0) is 6.18 Å². The number of halogens is 3. The van der Waals surface area contributed by atoms with Crippen molar-refractivity contribution in [3.8, 4) is 0 Å². The molecule has 3 heteroatoms. The minimum Gasteiger partial charge on any atom is -0.166 e. The van der Waals surface area contributed by atoms with Crippen molar-refractivity contribution in [3.63, 3.8) is 0 Å². The van der Waals surface area contributed by atoms with Crippen LogP contribution in [0.15, 0.2) is 24.3 Å². The van der Waals surface area contributed by atoms with Crippen molar-refractivity contribution in [2.75, 3.05) is 0 Å². The van der Waals surface area contributed by atoms with E-state index >= 15 is 0 Å². The third kappa shape index (κ3) is 3.54. The summed E-state index contributed by atoms with van der Waals surface area (Å²) in [7, 11) is 0. The van der Waals surface area contributed by atoms with Gasteiger partial charge in [0.15, 0.2) is 0 Å². The molecule has 0 aliphatic carbocycles. The van der Waals surface area contributed by atoms with Crippen LogP contribution in [0.25, 0.3) is 0 Å². The molecule has 0 N–H and O–H groups in total. The van der Waals surface area contributed by atoms with Crippen molar-refractivity contribution in [1.29, 1.82) is 0 Å². The SMILES string of the molecule is CC(C)CC(C)c1ccc(C(F)(F)F)cc1. The van der Waals surface area contributed by atoms with E-state index in [4.69, 9.17) is 0 Å². The monoisotopic (exact) mass is 230 g/mol. The van der Waals surface area contributed by atoms with E-state index in [1.54, 1.807) is 12.1 Å². The maximum atomic E-state index is 12.3. The van der Waals surface area contributed by atoms with Crippen LogP contribution in [0.4, 0.5) is 13.2 Å². The average Bonchev–Trinajstić information content (AvgIpc) is 2.15. The van der Waals surface area contributed by atoms with Gasteiger partial charge >= 0.3 is 6.18 Å². The lowest BCUT2D eigenvalue weighted by molar-refractivity contribution is -0.137. The fourth-order valence-electron chi connectivity index (χ4n) is 1.84. The number of hydrogen-bond donors (Lipinski definition) is 0. The highest BCUT2D eigenvalue weighted by Crippen LogP contribution is 2.31. The molecule has 0 amide bonds. The van der Waals surface area contributed by atoms with E-state index in [0.717, 1.165) is 24.1 Å². The van der Waals surface area contributed by atoms with Gasteiger partial charge in [0.05, 0.1) is 5.56 Å². The molecule has 1 aromatic rings. The zero-order chi connectivity index (χ0) is 12.3. The quantitative estimate of drug-likeness (QED) is 0.696. The molecule has 1 atom stereocenters. The summed E-state index contributed by atoms with van der Waals surface area (Å²) in [6.45, 7) is 6.27. The zero-order valence-corrected chi connectivity index (χ0v) is 9.81. The van der Waals surface area contributed by atoms with Crippen LogP contribution in [0.2, 0.25) is 0 Å². The number of rotatable bonds is 3. The molecule has 90 valence electrons. The van der Waals surface area contributed by atoms with Crippen molar-refractivity contribution >= 4 is 0 Å². The first-order chi connectivity index (χ1) is 7.30. The molecule has 16 heavy (non-hydrogen) atoms. The highest BCUT2D eigenvalue weighted by Gasteiger charge is 2.30. The predicted molar refractivity (Wildman–Crippen MR) is 59.3 cm³/mol. The Bertz CT molecular complexity index is 322. The fourth-order valence-corrected chi connectivity index (χ4v) is 1.84. The van der Waals surface area contributed by atoms with Crippen molar-refractivity contribution in [3.05, 3.63) is 35.4 Å². The molecule has 1 unspecified atom stereocenters. The fraction of sp³-hybridized carbons (Fsp3) is 0.538. The number of benzene rings is 1. The topological polar surface area (TPSA) is 0 Å². The summed E-state index contributed by atoms with van der Waals surface area (Å²) in [4.78, 5) is 0. The third-order valence-electron chi connectivity index (χ3n) is 2.63.